The van der Waals surface area contributed by atoms with E-state index in [2.05, 4.69) is 4.89 Å². The first kappa shape index (κ1) is 16.5. The van der Waals surface area contributed by atoms with Gasteiger partial charge >= 0.3 is 0 Å². The zero-order valence-electron chi connectivity index (χ0n) is 12.5. The minimum Gasteiger partial charge on any atom is -0.495 e. The molecule has 0 amide bonds. The predicted molar refractivity (Wildman–Crippen MR) is 81.0 cm³/mol. The summed E-state index contributed by atoms with van der Waals surface area (Å²) in [7, 11) is -2.36. The molecule has 7 heteroatoms. The van der Waals surface area contributed by atoms with Crippen LogP contribution in [0.3, 0.4) is 0 Å². The maximum Gasteiger partial charge on any atom is 0.266 e. The summed E-state index contributed by atoms with van der Waals surface area (Å²) in [6, 6.07) is 8.60. The van der Waals surface area contributed by atoms with Gasteiger partial charge in [-0.1, -0.05) is 11.0 Å². The summed E-state index contributed by atoms with van der Waals surface area (Å²) in [6.07, 6.45) is 2.92. The lowest BCUT2D eigenvalue weighted by atomic mass is 10.2. The first-order valence-corrected chi connectivity index (χ1v) is 8.32. The van der Waals surface area contributed by atoms with Gasteiger partial charge in [-0.3, -0.25) is 4.84 Å². The van der Waals surface area contributed by atoms with Crippen LogP contribution in [0.4, 0.5) is 0 Å². The molecular weight excluding hydrogens is 306 g/mol. The topological polar surface area (TPSA) is 77.8 Å². The number of hydrogen-bond acceptors (Lipinski definition) is 5. The summed E-state index contributed by atoms with van der Waals surface area (Å²) < 4.78 is 34.7. The molecule has 0 bridgehead atoms. The van der Waals surface area contributed by atoms with Gasteiger partial charge < -0.3 is 9.15 Å². The number of aryl methyl sites for hydroxylation is 2. The van der Waals surface area contributed by atoms with Crippen LogP contribution in [-0.2, 0) is 21.3 Å². The molecule has 120 valence electrons. The molecule has 22 heavy (non-hydrogen) atoms. The smallest absolute Gasteiger partial charge is 0.266 e. The quantitative estimate of drug-likeness (QED) is 0.596. The fourth-order valence-corrected chi connectivity index (χ4v) is 3.02. The first-order chi connectivity index (χ1) is 10.5. The Morgan fingerprint density at radius 1 is 1.27 bits per heavy atom. The van der Waals surface area contributed by atoms with E-state index in [1.807, 2.05) is 19.1 Å². The Balaban J connectivity index is 1.89. The summed E-state index contributed by atoms with van der Waals surface area (Å²) in [5.41, 5.74) is 0.819. The van der Waals surface area contributed by atoms with Crippen LogP contribution in [0.1, 0.15) is 17.7 Å². The fourth-order valence-electron chi connectivity index (χ4n) is 1.93. The summed E-state index contributed by atoms with van der Waals surface area (Å²) in [4.78, 5) is 7.23. The van der Waals surface area contributed by atoms with Gasteiger partial charge in [0, 0.05) is 6.42 Å². The fraction of sp³-hybridized carbons (Fsp3) is 0.333. The van der Waals surface area contributed by atoms with Gasteiger partial charge in [0.15, 0.2) is 0 Å². The summed E-state index contributed by atoms with van der Waals surface area (Å²) in [5, 5.41) is 0. The van der Waals surface area contributed by atoms with Crippen molar-refractivity contribution in [3.8, 4) is 5.75 Å². The number of sulfonamides is 1. The van der Waals surface area contributed by atoms with Crippen LogP contribution < -0.4 is 9.62 Å². The highest BCUT2D eigenvalue weighted by molar-refractivity contribution is 7.89. The highest BCUT2D eigenvalue weighted by atomic mass is 32.2. The van der Waals surface area contributed by atoms with Crippen molar-refractivity contribution in [2.24, 2.45) is 0 Å². The third-order valence-electron chi connectivity index (χ3n) is 3.03. The van der Waals surface area contributed by atoms with Gasteiger partial charge in [0.25, 0.3) is 10.0 Å². The third kappa shape index (κ3) is 4.33. The molecule has 1 N–H and O–H groups in total. The Hall–Kier alpha value is -1.83. The summed E-state index contributed by atoms with van der Waals surface area (Å²) >= 11 is 0. The van der Waals surface area contributed by atoms with E-state index in [0.717, 1.165) is 11.3 Å². The summed E-state index contributed by atoms with van der Waals surface area (Å²) in [5.74, 6) is 1.11. The van der Waals surface area contributed by atoms with Crippen molar-refractivity contribution < 1.29 is 22.4 Å². The largest absolute Gasteiger partial charge is 0.495 e. The van der Waals surface area contributed by atoms with Crippen molar-refractivity contribution in [2.45, 2.75) is 24.7 Å². The average molecular weight is 325 g/mol. The van der Waals surface area contributed by atoms with Crippen LogP contribution in [0.2, 0.25) is 0 Å². The highest BCUT2D eigenvalue weighted by Crippen LogP contribution is 2.24. The zero-order chi connectivity index (χ0) is 16.0. The van der Waals surface area contributed by atoms with Crippen LogP contribution in [-0.4, -0.2) is 22.1 Å². The van der Waals surface area contributed by atoms with E-state index in [1.54, 1.807) is 18.4 Å². The van der Waals surface area contributed by atoms with Gasteiger partial charge in [0.05, 0.1) is 20.0 Å². The van der Waals surface area contributed by atoms with Crippen molar-refractivity contribution in [1.29, 1.82) is 0 Å². The van der Waals surface area contributed by atoms with Gasteiger partial charge in [-0.15, -0.1) is 0 Å². The van der Waals surface area contributed by atoms with Gasteiger partial charge in [0.1, 0.15) is 16.4 Å². The minimum absolute atomic E-state index is 0.0565. The number of hydrogen-bond donors (Lipinski definition) is 1. The van der Waals surface area contributed by atoms with Gasteiger partial charge in [-0.2, -0.15) is 0 Å². The molecule has 0 atom stereocenters. The summed E-state index contributed by atoms with van der Waals surface area (Å²) in [6.45, 7) is 2.05. The second-order valence-corrected chi connectivity index (χ2v) is 6.39. The number of furan rings is 1. The average Bonchev–Trinajstić information content (AvgIpc) is 3.00. The standard InChI is InChI=1S/C15H19NO5S/c1-12-7-8-14(19-2)15(11-12)22(17,18)16-21-10-4-6-13-5-3-9-20-13/h3,5,7-9,11,16H,4,6,10H2,1-2H3. The molecule has 0 saturated heterocycles. The molecule has 0 radical (unpaired) electrons. The second-order valence-electron chi connectivity index (χ2n) is 4.77. The van der Waals surface area contributed by atoms with E-state index in [0.29, 0.717) is 12.8 Å². The van der Waals surface area contributed by atoms with Crippen molar-refractivity contribution in [3.63, 3.8) is 0 Å². The molecule has 1 heterocycles. The zero-order valence-corrected chi connectivity index (χ0v) is 13.4. The third-order valence-corrected chi connectivity index (χ3v) is 4.26. The molecule has 2 rings (SSSR count). The molecule has 0 aliphatic carbocycles. The first-order valence-electron chi connectivity index (χ1n) is 6.83. The molecule has 0 aliphatic rings. The van der Waals surface area contributed by atoms with E-state index >= 15 is 0 Å². The Morgan fingerprint density at radius 3 is 2.77 bits per heavy atom. The second kappa shape index (κ2) is 7.44. The van der Waals surface area contributed by atoms with Crippen molar-refractivity contribution in [1.82, 2.24) is 4.89 Å². The molecule has 1 aromatic carbocycles. The lowest BCUT2D eigenvalue weighted by Crippen LogP contribution is -2.25. The van der Waals surface area contributed by atoms with Crippen LogP contribution in [0.25, 0.3) is 0 Å². The van der Waals surface area contributed by atoms with Crippen LogP contribution in [0, 0.1) is 6.92 Å². The van der Waals surface area contributed by atoms with E-state index in [9.17, 15) is 8.42 Å². The molecule has 0 saturated carbocycles. The maximum atomic E-state index is 12.2. The van der Waals surface area contributed by atoms with Crippen molar-refractivity contribution >= 4 is 10.0 Å². The van der Waals surface area contributed by atoms with E-state index in [1.165, 1.54) is 13.2 Å². The van der Waals surface area contributed by atoms with Crippen LogP contribution in [0.15, 0.2) is 45.9 Å². The van der Waals surface area contributed by atoms with Gasteiger partial charge in [-0.05, 0) is 43.2 Å². The highest BCUT2D eigenvalue weighted by Gasteiger charge is 2.19. The van der Waals surface area contributed by atoms with Gasteiger partial charge in [0.2, 0.25) is 0 Å². The number of methoxy groups -OCH3 is 1. The molecule has 0 aliphatic heterocycles. The van der Waals surface area contributed by atoms with Crippen molar-refractivity contribution in [2.75, 3.05) is 13.7 Å². The molecular formula is C15H19NO5S. The van der Waals surface area contributed by atoms with Crippen LogP contribution in [0.5, 0.6) is 5.75 Å². The monoisotopic (exact) mass is 325 g/mol. The molecule has 0 spiro atoms. The number of nitrogens with one attached hydrogen (secondary N) is 1. The van der Waals surface area contributed by atoms with Crippen LogP contribution >= 0.6 is 0 Å². The number of benzene rings is 1. The normalized spacial score (nSPS) is 11.5. The minimum atomic E-state index is -3.78. The molecule has 0 fully saturated rings. The Morgan fingerprint density at radius 2 is 2.09 bits per heavy atom. The van der Waals surface area contributed by atoms with E-state index in [-0.39, 0.29) is 17.3 Å². The predicted octanol–water partition coefficient (Wildman–Crippen LogP) is 2.44. The molecule has 1 aromatic heterocycles. The Kier molecular flexibility index (Phi) is 5.59. The lowest BCUT2D eigenvalue weighted by molar-refractivity contribution is 0.0904. The van der Waals surface area contributed by atoms with Gasteiger partial charge in [-0.25, -0.2) is 8.42 Å². The molecule has 6 nitrogen and oxygen atoms in total. The van der Waals surface area contributed by atoms with Crippen molar-refractivity contribution in [3.05, 3.63) is 47.9 Å². The van der Waals surface area contributed by atoms with E-state index in [4.69, 9.17) is 14.0 Å². The van der Waals surface area contributed by atoms with E-state index < -0.39 is 10.0 Å². The number of ether oxygens (including phenoxy) is 1. The maximum absolute atomic E-state index is 12.2. The molecule has 2 aromatic rings. The Bertz CT molecular complexity index is 695. The molecule has 0 unspecified atom stereocenters. The lowest BCUT2D eigenvalue weighted by Gasteiger charge is -2.11. The SMILES string of the molecule is COc1ccc(C)cc1S(=O)(=O)NOCCCc1ccco1. The number of rotatable bonds is 8. The Labute approximate surface area is 130 Å².